The van der Waals surface area contributed by atoms with E-state index in [2.05, 4.69) is 0 Å². The second kappa shape index (κ2) is 7.41. The Balaban J connectivity index is 2.18. The molecule has 0 aromatic heterocycles. The normalized spacial score (nSPS) is 53.1. The fourth-order valence-electron chi connectivity index (χ4n) is 2.55. The van der Waals surface area contributed by atoms with E-state index in [4.69, 9.17) is 24.4 Å². The van der Waals surface area contributed by atoms with Gasteiger partial charge in [-0.05, 0) is 0 Å². The highest BCUT2D eigenvalue weighted by Gasteiger charge is 2.57. The first-order valence-corrected chi connectivity index (χ1v) is 7.19. The van der Waals surface area contributed by atoms with Gasteiger partial charge in [0.25, 0.3) is 0 Å². The van der Waals surface area contributed by atoms with Gasteiger partial charge >= 0.3 is 5.97 Å². The molecule has 2 aliphatic heterocycles. The Morgan fingerprint density at radius 2 is 1.29 bits per heavy atom. The predicted molar refractivity (Wildman–Crippen MR) is 69.8 cm³/mol. The lowest BCUT2D eigenvalue weighted by Gasteiger charge is -2.48. The van der Waals surface area contributed by atoms with E-state index < -0.39 is 74.3 Å². The fourth-order valence-corrected chi connectivity index (χ4v) is 2.55. The average molecular weight is 358 g/mol. The van der Waals surface area contributed by atoms with Gasteiger partial charge in [0.1, 0.15) is 42.7 Å². The van der Waals surface area contributed by atoms with Crippen molar-refractivity contribution in [2.75, 3.05) is 13.2 Å². The molecule has 0 radical (unpaired) electrons. The van der Waals surface area contributed by atoms with Gasteiger partial charge in [0, 0.05) is 0 Å². The van der Waals surface area contributed by atoms with E-state index in [1.807, 2.05) is 0 Å². The fraction of sp³-hybridized carbons (Fsp3) is 1.00. The van der Waals surface area contributed by atoms with Gasteiger partial charge in [-0.15, -0.1) is 0 Å². The van der Waals surface area contributed by atoms with Crippen molar-refractivity contribution in [3.63, 3.8) is 0 Å². The smallest absolute Gasteiger partial charge is 0.313 e. The van der Waals surface area contributed by atoms with Crippen LogP contribution < -0.4 is 0 Å². The summed E-state index contributed by atoms with van der Waals surface area (Å²) in [5.74, 6) is -3.01. The minimum Gasteiger partial charge on any atom is -0.394 e. The highest BCUT2D eigenvalue weighted by atomic mass is 16.9. The Hall–Kier alpha value is -0.480. The maximum absolute atomic E-state index is 10.2. The highest BCUT2D eigenvalue weighted by Crippen LogP contribution is 2.33. The van der Waals surface area contributed by atoms with Crippen LogP contribution >= 0.6 is 0 Å². The summed E-state index contributed by atoms with van der Waals surface area (Å²) in [5, 5.41) is 86.7. The van der Waals surface area contributed by atoms with Crippen LogP contribution in [0.4, 0.5) is 0 Å². The summed E-state index contributed by atoms with van der Waals surface area (Å²) in [6.45, 7) is -1.60. The topological polar surface area (TPSA) is 210 Å². The minimum absolute atomic E-state index is 0.757. The van der Waals surface area contributed by atoms with E-state index in [9.17, 15) is 35.7 Å². The first-order valence-electron chi connectivity index (χ1n) is 7.19. The molecule has 0 aromatic carbocycles. The number of hydrogen-bond acceptors (Lipinski definition) is 12. The molecule has 12 nitrogen and oxygen atoms in total. The Labute approximate surface area is 135 Å². The monoisotopic (exact) mass is 358 g/mol. The summed E-state index contributed by atoms with van der Waals surface area (Å²) in [4.78, 5) is 0. The van der Waals surface area contributed by atoms with Crippen molar-refractivity contribution in [2.45, 2.75) is 61.1 Å². The van der Waals surface area contributed by atoms with Crippen molar-refractivity contribution in [3.8, 4) is 0 Å². The quantitative estimate of drug-likeness (QED) is 0.215. The van der Waals surface area contributed by atoms with Gasteiger partial charge in [0.2, 0.25) is 0 Å². The van der Waals surface area contributed by atoms with E-state index in [1.165, 1.54) is 0 Å². The summed E-state index contributed by atoms with van der Waals surface area (Å²) in [7, 11) is 0. The molecule has 0 bridgehead atoms. The van der Waals surface area contributed by atoms with Crippen LogP contribution in [0.5, 0.6) is 0 Å². The van der Waals surface area contributed by atoms with E-state index >= 15 is 0 Å². The third-order valence-electron chi connectivity index (χ3n) is 4.06. The van der Waals surface area contributed by atoms with Crippen molar-refractivity contribution < 1.29 is 60.2 Å². The molecular weight excluding hydrogens is 336 g/mol. The molecule has 0 spiro atoms. The van der Waals surface area contributed by atoms with E-state index in [0.29, 0.717) is 0 Å². The van der Waals surface area contributed by atoms with Crippen molar-refractivity contribution in [1.82, 2.24) is 0 Å². The third-order valence-corrected chi connectivity index (χ3v) is 4.06. The standard InChI is InChI=1S/C12H22O12/c13-1-3-5(15)7(17)9(19)11(22-3)24-12(21)10(20)8(18)6(16)4(2-14)23-12/h3-11,13-21H,1-2H2/t3-,4-,5+,6+,7+,8+,9-,10-,11+,12?/m0/s1. The SMILES string of the molecule is OC[C@@H]1O[C@H](OC2(O)O[C@@H](CO)[C@@H](O)[C@@H](O)[C@@H]2O)[C@@H](O)[C@H](O)[C@@H]1O. The molecule has 0 aliphatic carbocycles. The lowest BCUT2D eigenvalue weighted by molar-refractivity contribution is -0.488. The minimum atomic E-state index is -3.01. The van der Waals surface area contributed by atoms with Gasteiger partial charge in [-0.2, -0.15) is 0 Å². The summed E-state index contributed by atoms with van der Waals surface area (Å²) >= 11 is 0. The first-order chi connectivity index (χ1) is 11.2. The summed E-state index contributed by atoms with van der Waals surface area (Å²) in [6.07, 6.45) is -16.1. The van der Waals surface area contributed by atoms with Gasteiger partial charge in [-0.1, -0.05) is 0 Å². The van der Waals surface area contributed by atoms with Crippen LogP contribution in [0.1, 0.15) is 0 Å². The van der Waals surface area contributed by atoms with Gasteiger partial charge in [0.15, 0.2) is 12.4 Å². The second-order valence-electron chi connectivity index (χ2n) is 5.71. The molecule has 9 N–H and O–H groups in total. The van der Waals surface area contributed by atoms with Crippen LogP contribution in [-0.4, -0.2) is 120 Å². The Morgan fingerprint density at radius 1 is 0.750 bits per heavy atom. The lowest BCUT2D eigenvalue weighted by Crippen LogP contribution is -2.69. The lowest BCUT2D eigenvalue weighted by atomic mass is 9.97. The zero-order valence-electron chi connectivity index (χ0n) is 12.4. The molecule has 12 heteroatoms. The third kappa shape index (κ3) is 3.41. The molecule has 2 rings (SSSR count). The van der Waals surface area contributed by atoms with Crippen molar-refractivity contribution in [3.05, 3.63) is 0 Å². The highest BCUT2D eigenvalue weighted by molar-refractivity contribution is 4.94. The zero-order chi connectivity index (χ0) is 18.2. The number of aliphatic hydroxyl groups excluding tert-OH is 8. The Bertz CT molecular complexity index is 419. The second-order valence-corrected chi connectivity index (χ2v) is 5.71. The predicted octanol–water partition coefficient (Wildman–Crippen LogP) is -6.08. The van der Waals surface area contributed by atoms with Crippen molar-refractivity contribution >= 4 is 0 Å². The van der Waals surface area contributed by atoms with Crippen LogP contribution in [0.2, 0.25) is 0 Å². The van der Waals surface area contributed by atoms with E-state index in [0.717, 1.165) is 0 Å². The van der Waals surface area contributed by atoms with Gasteiger partial charge in [0.05, 0.1) is 13.2 Å². The van der Waals surface area contributed by atoms with Crippen molar-refractivity contribution in [2.24, 2.45) is 0 Å². The molecule has 10 atom stereocenters. The average Bonchev–Trinajstić information content (AvgIpc) is 2.57. The van der Waals surface area contributed by atoms with Gasteiger partial charge in [-0.3, -0.25) is 4.74 Å². The number of ether oxygens (including phenoxy) is 3. The molecule has 1 unspecified atom stereocenters. The Morgan fingerprint density at radius 3 is 1.83 bits per heavy atom. The van der Waals surface area contributed by atoms with E-state index in [1.54, 1.807) is 0 Å². The molecule has 2 fully saturated rings. The van der Waals surface area contributed by atoms with Crippen LogP contribution in [-0.2, 0) is 14.2 Å². The largest absolute Gasteiger partial charge is 0.394 e. The zero-order valence-corrected chi connectivity index (χ0v) is 12.4. The molecule has 0 saturated carbocycles. The number of rotatable bonds is 4. The maximum atomic E-state index is 10.2. The maximum Gasteiger partial charge on any atom is 0.313 e. The number of hydrogen-bond donors (Lipinski definition) is 9. The molecule has 2 aliphatic rings. The van der Waals surface area contributed by atoms with Crippen LogP contribution in [0, 0.1) is 0 Å². The first kappa shape index (κ1) is 19.8. The molecule has 0 amide bonds. The molecular formula is C12H22O12. The number of aliphatic hydroxyl groups is 9. The molecule has 142 valence electrons. The molecule has 24 heavy (non-hydrogen) atoms. The Kier molecular flexibility index (Phi) is 6.12. The molecule has 2 heterocycles. The molecule has 0 aromatic rings. The van der Waals surface area contributed by atoms with Crippen LogP contribution in [0.25, 0.3) is 0 Å². The van der Waals surface area contributed by atoms with Gasteiger partial charge in [-0.25, -0.2) is 0 Å². The van der Waals surface area contributed by atoms with Crippen LogP contribution in [0.3, 0.4) is 0 Å². The molecule has 2 saturated heterocycles. The summed E-state index contributed by atoms with van der Waals surface area (Å²) < 4.78 is 14.7. The van der Waals surface area contributed by atoms with Crippen molar-refractivity contribution in [1.29, 1.82) is 0 Å². The van der Waals surface area contributed by atoms with E-state index in [-0.39, 0.29) is 0 Å². The van der Waals surface area contributed by atoms with Gasteiger partial charge < -0.3 is 55.4 Å². The van der Waals surface area contributed by atoms with Crippen LogP contribution in [0.15, 0.2) is 0 Å². The summed E-state index contributed by atoms with van der Waals surface area (Å²) in [5.41, 5.74) is 0. The summed E-state index contributed by atoms with van der Waals surface area (Å²) in [6, 6.07) is 0.